The third-order valence-electron chi connectivity index (χ3n) is 4.39. The van der Waals surface area contributed by atoms with Crippen molar-refractivity contribution in [2.24, 2.45) is 5.89 Å². The second kappa shape index (κ2) is 6.24. The van der Waals surface area contributed by atoms with Gasteiger partial charge in [0.05, 0.1) is 11.4 Å². The van der Waals surface area contributed by atoms with Crippen LogP contribution in [-0.4, -0.2) is 58.5 Å². The summed E-state index contributed by atoms with van der Waals surface area (Å²) in [4.78, 5) is 30.1. The summed E-state index contributed by atoms with van der Waals surface area (Å²) in [6.07, 6.45) is 2.16. The zero-order valence-electron chi connectivity index (χ0n) is 15.2. The van der Waals surface area contributed by atoms with Crippen LogP contribution in [0.2, 0.25) is 0 Å². The fraction of sp³-hybridized carbons (Fsp3) is 0.500. The summed E-state index contributed by atoms with van der Waals surface area (Å²) in [7, 11) is 1.83. The highest BCUT2D eigenvalue weighted by atomic mass is 16.2. The van der Waals surface area contributed by atoms with Gasteiger partial charge in [0.2, 0.25) is 0 Å². The lowest BCUT2D eigenvalue weighted by atomic mass is 9.92. The molecule has 1 N–H and O–H groups in total. The number of fused-ring (bicyclic) bond motifs is 1. The molecule has 7 nitrogen and oxygen atoms in total. The Hall–Kier alpha value is -2.62. The van der Waals surface area contributed by atoms with E-state index in [1.54, 1.807) is 11.1 Å². The number of carbonyl (C=O) groups excluding carboxylic acids is 1. The Labute approximate surface area is 137 Å². The van der Waals surface area contributed by atoms with Gasteiger partial charge in [0.15, 0.2) is 0 Å². The van der Waals surface area contributed by atoms with Crippen LogP contribution < -0.4 is 4.90 Å². The summed E-state index contributed by atoms with van der Waals surface area (Å²) in [5.74, 6) is -0.418. The summed E-state index contributed by atoms with van der Waals surface area (Å²) in [5.41, 5.74) is 0.574. The maximum atomic E-state index is 12.1. The SMILES string of the molecule is [2H]c1nc(N(C)[C@H]2CN(C(=O)C[N+]#[C-])CC[C@@]2([2H])C)c2cc[nH]c2n1. The topological polar surface area (TPSA) is 69.5 Å². The van der Waals surface area contributed by atoms with Crippen LogP contribution >= 0.6 is 0 Å². The van der Waals surface area contributed by atoms with E-state index in [-0.39, 0.29) is 24.8 Å². The Kier molecular flexibility index (Phi) is 3.50. The highest BCUT2D eigenvalue weighted by Crippen LogP contribution is 2.28. The van der Waals surface area contributed by atoms with Crippen molar-refractivity contribution >= 4 is 22.8 Å². The lowest BCUT2D eigenvalue weighted by Crippen LogP contribution is -2.53. The number of hydrogen-bond acceptors (Lipinski definition) is 4. The maximum Gasteiger partial charge on any atom is 0.302 e. The molecule has 0 radical (unpaired) electrons. The largest absolute Gasteiger partial charge is 0.354 e. The first kappa shape index (κ1) is 12.9. The molecule has 0 bridgehead atoms. The van der Waals surface area contributed by atoms with Gasteiger partial charge in [-0.2, -0.15) is 0 Å². The monoisotopic (exact) mass is 314 g/mol. The number of likely N-dealkylation sites (N-methyl/N-ethyl adjacent to an activating group) is 1. The van der Waals surface area contributed by atoms with Crippen LogP contribution in [0, 0.1) is 12.5 Å². The van der Waals surface area contributed by atoms with Gasteiger partial charge in [-0.3, -0.25) is 4.79 Å². The number of H-pyrrole nitrogens is 1. The first-order valence-electron chi connectivity index (χ1n) is 8.49. The molecule has 0 saturated carbocycles. The van der Waals surface area contributed by atoms with Gasteiger partial charge in [-0.05, 0) is 18.4 Å². The zero-order valence-corrected chi connectivity index (χ0v) is 13.2. The van der Waals surface area contributed by atoms with E-state index in [0.29, 0.717) is 31.0 Å². The first-order chi connectivity index (χ1) is 11.8. The number of piperidine rings is 1. The predicted molar refractivity (Wildman–Crippen MR) is 87.9 cm³/mol. The molecule has 1 aliphatic rings. The fourth-order valence-electron chi connectivity index (χ4n) is 3.01. The van der Waals surface area contributed by atoms with Crippen LogP contribution in [0.1, 0.15) is 16.1 Å². The van der Waals surface area contributed by atoms with Crippen molar-refractivity contribution in [3.63, 3.8) is 0 Å². The van der Waals surface area contributed by atoms with Crippen molar-refractivity contribution in [1.29, 1.82) is 0 Å². The van der Waals surface area contributed by atoms with Gasteiger partial charge >= 0.3 is 5.91 Å². The van der Waals surface area contributed by atoms with Crippen LogP contribution in [0.15, 0.2) is 18.6 Å². The van der Waals surface area contributed by atoms with E-state index in [1.807, 2.05) is 24.9 Å². The Morgan fingerprint density at radius 3 is 3.30 bits per heavy atom. The number of hydrogen-bond donors (Lipinski definition) is 1. The van der Waals surface area contributed by atoms with Gasteiger partial charge in [0.25, 0.3) is 6.54 Å². The molecule has 23 heavy (non-hydrogen) atoms. The molecule has 1 saturated heterocycles. The number of carbonyl (C=O) groups is 1. The molecule has 1 amide bonds. The number of likely N-dealkylation sites (tertiary alicyclic amines) is 1. The highest BCUT2D eigenvalue weighted by Gasteiger charge is 2.33. The van der Waals surface area contributed by atoms with Gasteiger partial charge in [-0.25, -0.2) is 16.5 Å². The van der Waals surface area contributed by atoms with Crippen molar-refractivity contribution < 1.29 is 7.54 Å². The number of aromatic nitrogens is 3. The van der Waals surface area contributed by atoms with Crippen LogP contribution in [0.4, 0.5) is 5.82 Å². The van der Waals surface area contributed by atoms with E-state index in [4.69, 9.17) is 9.31 Å². The van der Waals surface area contributed by atoms with Gasteiger partial charge < -0.3 is 19.6 Å². The average Bonchev–Trinajstić information content (AvgIpc) is 3.01. The minimum atomic E-state index is -0.778. The molecule has 3 heterocycles. The Morgan fingerprint density at radius 2 is 2.52 bits per heavy atom. The Bertz CT molecular complexity index is 843. The molecule has 120 valence electrons. The van der Waals surface area contributed by atoms with Crippen molar-refractivity contribution in [3.05, 3.63) is 30.0 Å². The molecule has 0 aliphatic carbocycles. The summed E-state index contributed by atoms with van der Waals surface area (Å²) in [6, 6.07) is 1.54. The molecule has 2 atom stereocenters. The molecule has 0 unspecified atom stereocenters. The second-order valence-corrected chi connectivity index (χ2v) is 5.77. The first-order valence-corrected chi connectivity index (χ1v) is 7.49. The molecular weight excluding hydrogens is 292 g/mol. The molecular formula is C16H20N6O. The third-order valence-corrected chi connectivity index (χ3v) is 4.39. The number of amides is 1. The summed E-state index contributed by atoms with van der Waals surface area (Å²) < 4.78 is 16.5. The maximum absolute atomic E-state index is 12.1. The van der Waals surface area contributed by atoms with Crippen LogP contribution in [0.5, 0.6) is 0 Å². The average molecular weight is 314 g/mol. The van der Waals surface area contributed by atoms with Crippen molar-refractivity contribution in [1.82, 2.24) is 19.9 Å². The van der Waals surface area contributed by atoms with Gasteiger partial charge in [0.1, 0.15) is 19.1 Å². The van der Waals surface area contributed by atoms with E-state index in [1.165, 1.54) is 0 Å². The summed E-state index contributed by atoms with van der Waals surface area (Å²) in [6.45, 7) is 9.40. The van der Waals surface area contributed by atoms with Crippen molar-refractivity contribution in [3.8, 4) is 0 Å². The molecule has 1 fully saturated rings. The molecule has 2 aromatic rings. The third kappa shape index (κ3) is 2.84. The lowest BCUT2D eigenvalue weighted by molar-refractivity contribution is -0.130. The Balaban J connectivity index is 1.95. The molecule has 3 rings (SSSR count). The minimum Gasteiger partial charge on any atom is -0.354 e. The standard InChI is InChI=1S/C16H20N6O/c1-11-5-7-22(14(23)8-17-2)9-13(11)21(3)16-12-4-6-18-15(12)19-10-20-16/h4,6,10-11,13H,5,7-9H2,1,3H3,(H,18,19,20)/t11-,13+/m1/s1/i10D,11D. The zero-order chi connectivity index (χ0) is 18.2. The predicted octanol–water partition coefficient (Wildman–Crippen LogP) is 1.55. The van der Waals surface area contributed by atoms with E-state index in [2.05, 4.69) is 19.8 Å². The lowest BCUT2D eigenvalue weighted by Gasteiger charge is -2.41. The van der Waals surface area contributed by atoms with E-state index in [0.717, 1.165) is 5.39 Å². The van der Waals surface area contributed by atoms with Gasteiger partial charge in [0, 0.05) is 27.7 Å². The highest BCUT2D eigenvalue weighted by molar-refractivity contribution is 5.87. The fourth-order valence-corrected chi connectivity index (χ4v) is 3.01. The minimum absolute atomic E-state index is 0.0970. The van der Waals surface area contributed by atoms with Gasteiger partial charge in [-0.15, -0.1) is 0 Å². The summed E-state index contributed by atoms with van der Waals surface area (Å²) in [5, 5.41) is 0.777. The van der Waals surface area contributed by atoms with Crippen LogP contribution in [-0.2, 0) is 4.79 Å². The molecule has 1 aliphatic heterocycles. The molecule has 0 spiro atoms. The number of anilines is 1. The van der Waals surface area contributed by atoms with E-state index < -0.39 is 5.89 Å². The van der Waals surface area contributed by atoms with Crippen molar-refractivity contribution in [2.45, 2.75) is 19.4 Å². The van der Waals surface area contributed by atoms with Crippen molar-refractivity contribution in [2.75, 3.05) is 31.6 Å². The van der Waals surface area contributed by atoms with E-state index in [9.17, 15) is 4.79 Å². The quantitative estimate of drug-likeness (QED) is 0.873. The summed E-state index contributed by atoms with van der Waals surface area (Å²) >= 11 is 0. The number of nitrogens with zero attached hydrogens (tertiary/aromatic N) is 5. The molecule has 7 heteroatoms. The smallest absolute Gasteiger partial charge is 0.302 e. The normalized spacial score (nSPS) is 25.6. The number of rotatable bonds is 3. The van der Waals surface area contributed by atoms with Crippen LogP contribution in [0.3, 0.4) is 0 Å². The van der Waals surface area contributed by atoms with Gasteiger partial charge in [-0.1, -0.05) is 6.92 Å². The molecule has 2 aromatic heterocycles. The van der Waals surface area contributed by atoms with E-state index >= 15 is 0 Å². The number of nitrogens with one attached hydrogen (secondary N) is 1. The Morgan fingerprint density at radius 1 is 1.70 bits per heavy atom. The number of aromatic amines is 1. The van der Waals surface area contributed by atoms with Crippen LogP contribution in [0.25, 0.3) is 15.9 Å². The molecule has 0 aromatic carbocycles. The second-order valence-electron chi connectivity index (χ2n) is 5.77.